The predicted molar refractivity (Wildman–Crippen MR) is 130 cm³/mol. The number of anilines is 1. The van der Waals surface area contributed by atoms with Crippen LogP contribution in [0.25, 0.3) is 12.2 Å². The third-order valence-electron chi connectivity index (χ3n) is 7.10. The van der Waals surface area contributed by atoms with Gasteiger partial charge in [0.05, 0.1) is 24.4 Å². The van der Waals surface area contributed by atoms with Crippen molar-refractivity contribution in [3.8, 4) is 5.75 Å². The first-order valence-electron chi connectivity index (χ1n) is 11.9. The summed E-state index contributed by atoms with van der Waals surface area (Å²) < 4.78 is 5.19. The largest absolute Gasteiger partial charge is 0.497 e. The Bertz CT molecular complexity index is 1140. The fourth-order valence-corrected chi connectivity index (χ4v) is 5.20. The van der Waals surface area contributed by atoms with Crippen molar-refractivity contribution in [2.45, 2.75) is 44.2 Å². The topological polar surface area (TPSA) is 87.7 Å². The zero-order valence-electron chi connectivity index (χ0n) is 19.3. The van der Waals surface area contributed by atoms with Gasteiger partial charge in [-0.3, -0.25) is 14.4 Å². The molecule has 3 aliphatic rings. The van der Waals surface area contributed by atoms with Crippen molar-refractivity contribution in [3.05, 3.63) is 59.2 Å². The van der Waals surface area contributed by atoms with E-state index in [-0.39, 0.29) is 29.7 Å². The number of amides is 3. The lowest BCUT2D eigenvalue weighted by Gasteiger charge is -2.25. The highest BCUT2D eigenvalue weighted by Crippen LogP contribution is 2.31. The van der Waals surface area contributed by atoms with Gasteiger partial charge in [0.1, 0.15) is 11.8 Å². The van der Waals surface area contributed by atoms with E-state index < -0.39 is 6.04 Å². The molecule has 2 N–H and O–H groups in total. The highest BCUT2D eigenvalue weighted by atomic mass is 16.5. The van der Waals surface area contributed by atoms with E-state index in [0.717, 1.165) is 42.6 Å². The number of carbonyl (C=O) groups excluding carboxylic acids is 3. The Morgan fingerprint density at radius 2 is 1.74 bits per heavy atom. The molecule has 2 aromatic carbocycles. The predicted octanol–water partition coefficient (Wildman–Crippen LogP) is 3.71. The van der Waals surface area contributed by atoms with Crippen molar-refractivity contribution >= 4 is 35.6 Å². The first-order valence-corrected chi connectivity index (χ1v) is 11.9. The van der Waals surface area contributed by atoms with Crippen LogP contribution in [-0.4, -0.2) is 48.4 Å². The Balaban J connectivity index is 1.34. The fraction of sp³-hybridized carbons (Fsp3) is 0.370. The minimum atomic E-state index is -0.691. The van der Waals surface area contributed by atoms with Gasteiger partial charge in [-0.2, -0.15) is 0 Å². The van der Waals surface area contributed by atoms with Crippen LogP contribution in [0.4, 0.5) is 5.69 Å². The van der Waals surface area contributed by atoms with Gasteiger partial charge in [-0.1, -0.05) is 43.2 Å². The Morgan fingerprint density at radius 1 is 1.03 bits per heavy atom. The summed E-state index contributed by atoms with van der Waals surface area (Å²) in [5.41, 5.74) is 2.85. The van der Waals surface area contributed by atoms with Crippen LogP contribution in [-0.2, 0) is 9.59 Å². The fourth-order valence-electron chi connectivity index (χ4n) is 5.20. The molecule has 34 heavy (non-hydrogen) atoms. The second kappa shape index (κ2) is 9.33. The Hall–Kier alpha value is -3.61. The van der Waals surface area contributed by atoms with Gasteiger partial charge in [0.2, 0.25) is 11.8 Å². The van der Waals surface area contributed by atoms with Crippen LogP contribution in [0, 0.1) is 5.92 Å². The average Bonchev–Trinajstić information content (AvgIpc) is 3.52. The van der Waals surface area contributed by atoms with Gasteiger partial charge in [-0.05, 0) is 54.7 Å². The van der Waals surface area contributed by atoms with Crippen LogP contribution in [0.1, 0.15) is 53.6 Å². The van der Waals surface area contributed by atoms with Gasteiger partial charge in [0.25, 0.3) is 5.91 Å². The number of benzene rings is 2. The summed E-state index contributed by atoms with van der Waals surface area (Å²) in [5, 5.41) is 5.99. The van der Waals surface area contributed by atoms with E-state index in [1.54, 1.807) is 18.1 Å². The third-order valence-corrected chi connectivity index (χ3v) is 7.10. The summed E-state index contributed by atoms with van der Waals surface area (Å²) in [6.45, 7) is 0.442. The maximum atomic E-state index is 13.4. The van der Waals surface area contributed by atoms with E-state index in [4.69, 9.17) is 4.74 Å². The van der Waals surface area contributed by atoms with Crippen molar-refractivity contribution in [2.75, 3.05) is 19.0 Å². The van der Waals surface area contributed by atoms with Gasteiger partial charge in [0, 0.05) is 12.5 Å². The monoisotopic (exact) mass is 459 g/mol. The molecule has 3 amide bonds. The number of ether oxygens (including phenoxy) is 1. The Morgan fingerprint density at radius 3 is 2.47 bits per heavy atom. The second-order valence-electron chi connectivity index (χ2n) is 9.23. The number of rotatable bonds is 5. The summed E-state index contributed by atoms with van der Waals surface area (Å²) in [6.07, 6.45) is 8.42. The minimum Gasteiger partial charge on any atom is -0.497 e. The van der Waals surface area contributed by atoms with E-state index in [1.807, 2.05) is 48.6 Å². The van der Waals surface area contributed by atoms with E-state index in [9.17, 15) is 14.4 Å². The number of methoxy groups -OCH3 is 1. The summed E-state index contributed by atoms with van der Waals surface area (Å²) in [4.78, 5) is 40.8. The second-order valence-corrected chi connectivity index (χ2v) is 9.23. The molecule has 2 aromatic rings. The highest BCUT2D eigenvalue weighted by Gasteiger charge is 2.45. The summed E-state index contributed by atoms with van der Waals surface area (Å²) in [6, 6.07) is 12.1. The summed E-state index contributed by atoms with van der Waals surface area (Å²) >= 11 is 0. The van der Waals surface area contributed by atoms with Crippen LogP contribution >= 0.6 is 0 Å². The van der Waals surface area contributed by atoms with Gasteiger partial charge in [-0.25, -0.2) is 0 Å². The SMILES string of the molecule is COc1ccc(/C=C/c2ccc3c(c2)C(=O)N2CC[C@H](NC(=O)C4CCCC4)[C@H]2C(=O)N3)cc1. The normalized spacial score (nSPS) is 22.3. The molecule has 7 heteroatoms. The molecule has 0 spiro atoms. The molecular formula is C27H29N3O4. The average molecular weight is 460 g/mol. The van der Waals surface area contributed by atoms with Gasteiger partial charge < -0.3 is 20.3 Å². The molecule has 1 saturated carbocycles. The molecule has 0 radical (unpaired) electrons. The lowest BCUT2D eigenvalue weighted by molar-refractivity contribution is -0.126. The number of carbonyl (C=O) groups is 3. The van der Waals surface area contributed by atoms with Crippen molar-refractivity contribution in [3.63, 3.8) is 0 Å². The standard InChI is InChI=1S/C27H29N3O4/c1-34-20-11-8-17(9-12-20)6-7-18-10-13-22-21(16-18)27(33)30-15-14-23(24(30)26(32)28-22)29-25(31)19-4-2-3-5-19/h6-13,16,19,23-24H,2-5,14-15H2,1H3,(H,28,32)(H,29,31)/b7-6+/t23-,24-/m0/s1. The van der Waals surface area contributed by atoms with Crippen LogP contribution in [0.2, 0.25) is 0 Å². The lowest BCUT2D eigenvalue weighted by atomic mass is 10.0. The van der Waals surface area contributed by atoms with Crippen LogP contribution < -0.4 is 15.4 Å². The van der Waals surface area contributed by atoms with Gasteiger partial charge >= 0.3 is 0 Å². The molecule has 176 valence electrons. The van der Waals surface area contributed by atoms with E-state index in [1.165, 1.54) is 0 Å². The number of fused-ring (bicyclic) bond motifs is 2. The number of hydrogen-bond acceptors (Lipinski definition) is 4. The quantitative estimate of drug-likeness (QED) is 0.668. The Labute approximate surface area is 199 Å². The summed E-state index contributed by atoms with van der Waals surface area (Å²) in [7, 11) is 1.63. The van der Waals surface area contributed by atoms with Gasteiger partial charge in [0.15, 0.2) is 0 Å². The molecule has 5 rings (SSSR count). The Kier molecular flexibility index (Phi) is 6.09. The number of nitrogens with zero attached hydrogens (tertiary/aromatic N) is 1. The smallest absolute Gasteiger partial charge is 0.256 e. The molecule has 2 heterocycles. The molecule has 2 atom stereocenters. The number of hydrogen-bond donors (Lipinski definition) is 2. The highest BCUT2D eigenvalue weighted by molar-refractivity contribution is 6.11. The van der Waals surface area contributed by atoms with Crippen molar-refractivity contribution in [1.29, 1.82) is 0 Å². The zero-order valence-corrected chi connectivity index (χ0v) is 19.3. The lowest BCUT2D eigenvalue weighted by Crippen LogP contribution is -2.52. The zero-order chi connectivity index (χ0) is 23.7. The molecule has 7 nitrogen and oxygen atoms in total. The third kappa shape index (κ3) is 4.30. The molecular weight excluding hydrogens is 430 g/mol. The maximum absolute atomic E-state index is 13.4. The number of nitrogens with one attached hydrogen (secondary N) is 2. The minimum absolute atomic E-state index is 0.0114. The molecule has 0 bridgehead atoms. The molecule has 1 saturated heterocycles. The molecule has 2 aliphatic heterocycles. The van der Waals surface area contributed by atoms with Gasteiger partial charge in [-0.15, -0.1) is 0 Å². The first kappa shape index (κ1) is 22.2. The van der Waals surface area contributed by atoms with Crippen LogP contribution in [0.3, 0.4) is 0 Å². The first-order chi connectivity index (χ1) is 16.5. The van der Waals surface area contributed by atoms with E-state index in [2.05, 4.69) is 10.6 Å². The van der Waals surface area contributed by atoms with Crippen molar-refractivity contribution in [1.82, 2.24) is 10.2 Å². The molecule has 0 unspecified atom stereocenters. The summed E-state index contributed by atoms with van der Waals surface area (Å²) in [5.74, 6) is 0.396. The van der Waals surface area contributed by atoms with Crippen LogP contribution in [0.15, 0.2) is 42.5 Å². The maximum Gasteiger partial charge on any atom is 0.256 e. The van der Waals surface area contributed by atoms with E-state index >= 15 is 0 Å². The van der Waals surface area contributed by atoms with Crippen molar-refractivity contribution in [2.24, 2.45) is 5.92 Å². The molecule has 1 aliphatic carbocycles. The van der Waals surface area contributed by atoms with E-state index in [0.29, 0.717) is 24.2 Å². The molecule has 2 fully saturated rings. The molecule has 0 aromatic heterocycles. The van der Waals surface area contributed by atoms with Crippen molar-refractivity contribution < 1.29 is 19.1 Å². The van der Waals surface area contributed by atoms with Crippen LogP contribution in [0.5, 0.6) is 5.75 Å².